The summed E-state index contributed by atoms with van der Waals surface area (Å²) in [5.74, 6) is 0.151. The van der Waals surface area contributed by atoms with Gasteiger partial charge in [-0.25, -0.2) is 9.59 Å². The number of carbonyl (C=O) groups excluding carboxylic acids is 2. The summed E-state index contributed by atoms with van der Waals surface area (Å²) in [4.78, 5) is 29.1. The highest BCUT2D eigenvalue weighted by atomic mass is 19.4. The molecular weight excluding hydrogens is 691 g/mol. The van der Waals surface area contributed by atoms with Crippen molar-refractivity contribution in [3.8, 4) is 11.5 Å². The molecule has 0 fully saturated rings. The number of methoxy groups -OCH3 is 2. The van der Waals surface area contributed by atoms with Crippen LogP contribution in [0.2, 0.25) is 0 Å². The van der Waals surface area contributed by atoms with Gasteiger partial charge >= 0.3 is 30.7 Å². The average molecular weight is 723 g/mol. The van der Waals surface area contributed by atoms with Gasteiger partial charge < -0.3 is 18.9 Å². The maximum Gasteiger partial charge on any atom is 0.416 e. The summed E-state index contributed by atoms with van der Waals surface area (Å²) in [6.07, 6.45) is -17.5. The highest BCUT2D eigenvalue weighted by Crippen LogP contribution is 2.51. The van der Waals surface area contributed by atoms with E-state index < -0.39 is 71.6 Å². The largest absolute Gasteiger partial charge is 0.493 e. The van der Waals surface area contributed by atoms with Gasteiger partial charge in [-0.05, 0) is 67.8 Å². The summed E-state index contributed by atoms with van der Waals surface area (Å²) in [6, 6.07) is 4.92. The van der Waals surface area contributed by atoms with Crippen molar-refractivity contribution >= 4 is 17.9 Å². The molecule has 2 amide bonds. The van der Waals surface area contributed by atoms with Crippen LogP contribution >= 0.6 is 0 Å². The third-order valence-electron chi connectivity index (χ3n) is 7.88. The van der Waals surface area contributed by atoms with Crippen LogP contribution in [-0.4, -0.2) is 44.5 Å². The van der Waals surface area contributed by atoms with Gasteiger partial charge in [-0.15, -0.1) is 0 Å². The van der Waals surface area contributed by atoms with Crippen LogP contribution in [0.4, 0.5) is 54.8 Å². The van der Waals surface area contributed by atoms with Crippen LogP contribution in [-0.2, 0) is 34.5 Å². The molecule has 0 spiro atoms. The molecule has 1 heterocycles. The smallest absolute Gasteiger partial charge is 0.416 e. The number of anilines is 1. The molecule has 0 saturated heterocycles. The van der Waals surface area contributed by atoms with Gasteiger partial charge in [0.2, 0.25) is 0 Å². The van der Waals surface area contributed by atoms with Crippen molar-refractivity contribution in [1.82, 2.24) is 4.90 Å². The second-order valence-electron chi connectivity index (χ2n) is 11.0. The molecule has 0 saturated carbocycles. The summed E-state index contributed by atoms with van der Waals surface area (Å²) >= 11 is 0. The highest BCUT2D eigenvalue weighted by molar-refractivity contribution is 5.91. The van der Waals surface area contributed by atoms with E-state index in [9.17, 15) is 49.1 Å². The number of halogens is 9. The van der Waals surface area contributed by atoms with Gasteiger partial charge in [-0.2, -0.15) is 39.5 Å². The van der Waals surface area contributed by atoms with E-state index in [0.717, 1.165) is 34.1 Å². The molecular formula is C33H31F9N2O6. The molecule has 8 nitrogen and oxygen atoms in total. The van der Waals surface area contributed by atoms with Crippen molar-refractivity contribution in [1.29, 1.82) is 0 Å². The number of hydrogen-bond donors (Lipinski definition) is 0. The molecule has 17 heteroatoms. The van der Waals surface area contributed by atoms with Crippen molar-refractivity contribution < 1.29 is 68.1 Å². The minimum atomic E-state index is -5.18. The highest BCUT2D eigenvalue weighted by Gasteiger charge is 2.44. The van der Waals surface area contributed by atoms with Crippen LogP contribution in [0.5, 0.6) is 11.5 Å². The summed E-state index contributed by atoms with van der Waals surface area (Å²) in [5, 5.41) is 0. The number of benzene rings is 3. The molecule has 3 aromatic rings. The van der Waals surface area contributed by atoms with Crippen LogP contribution in [0.1, 0.15) is 65.7 Å². The molecule has 0 aliphatic carbocycles. The minimum absolute atomic E-state index is 0.0107. The molecule has 0 radical (unpaired) electrons. The number of amides is 2. The third kappa shape index (κ3) is 8.13. The molecule has 1 aliphatic heterocycles. The number of nitrogens with zero attached hydrogens (tertiary/aromatic N) is 2. The lowest BCUT2D eigenvalue weighted by molar-refractivity contribution is -0.143. The third-order valence-corrected chi connectivity index (χ3v) is 7.88. The van der Waals surface area contributed by atoms with E-state index in [1.807, 2.05) is 0 Å². The number of ether oxygens (including phenoxy) is 4. The minimum Gasteiger partial charge on any atom is -0.493 e. The van der Waals surface area contributed by atoms with Crippen LogP contribution in [0.15, 0.2) is 54.6 Å². The second kappa shape index (κ2) is 14.6. The lowest BCUT2D eigenvalue weighted by Crippen LogP contribution is -2.45. The fraction of sp³-hybridized carbons (Fsp3) is 0.394. The maximum atomic E-state index is 13.8. The van der Waals surface area contributed by atoms with E-state index in [-0.39, 0.29) is 54.0 Å². The first-order valence-corrected chi connectivity index (χ1v) is 14.9. The molecule has 1 aliphatic rings. The Labute approximate surface area is 280 Å². The molecule has 4 rings (SSSR count). The van der Waals surface area contributed by atoms with Gasteiger partial charge in [0, 0.05) is 18.2 Å². The SMILES string of the molecule is CCOC(=O)N(Cc1cc(C(F)(F)F)cc(C(F)(F)F)c1)[C@@H]1C[C@H](c2ccc(C(F)(F)F)cc2)N(C(=O)OCC)c2cc(OC)c(OC)cc21. The molecule has 50 heavy (non-hydrogen) atoms. The molecule has 2 atom stereocenters. The normalized spacial score (nSPS) is 16.4. The molecule has 0 aromatic heterocycles. The van der Waals surface area contributed by atoms with Gasteiger partial charge in [0.05, 0.1) is 61.9 Å². The van der Waals surface area contributed by atoms with E-state index in [1.54, 1.807) is 0 Å². The van der Waals surface area contributed by atoms with E-state index >= 15 is 0 Å². The van der Waals surface area contributed by atoms with Crippen LogP contribution in [0, 0.1) is 0 Å². The van der Waals surface area contributed by atoms with Gasteiger partial charge in [-0.1, -0.05) is 12.1 Å². The van der Waals surface area contributed by atoms with Gasteiger partial charge in [0.1, 0.15) is 0 Å². The average Bonchev–Trinajstić information content (AvgIpc) is 3.04. The van der Waals surface area contributed by atoms with E-state index in [4.69, 9.17) is 18.9 Å². The molecule has 0 N–H and O–H groups in total. The van der Waals surface area contributed by atoms with E-state index in [0.29, 0.717) is 12.1 Å². The Morgan fingerprint density at radius 2 is 1.26 bits per heavy atom. The monoisotopic (exact) mass is 722 g/mol. The summed E-state index contributed by atoms with van der Waals surface area (Å²) in [6.45, 7) is 1.74. The van der Waals surface area contributed by atoms with Crippen LogP contribution in [0.25, 0.3) is 0 Å². The summed E-state index contributed by atoms with van der Waals surface area (Å²) in [7, 11) is 2.56. The Morgan fingerprint density at radius 3 is 1.74 bits per heavy atom. The Balaban J connectivity index is 1.99. The van der Waals surface area contributed by atoms with Crippen molar-refractivity contribution in [3.05, 3.63) is 88.0 Å². The fourth-order valence-electron chi connectivity index (χ4n) is 5.68. The molecule has 0 bridgehead atoms. The zero-order valence-corrected chi connectivity index (χ0v) is 26.9. The predicted molar refractivity (Wildman–Crippen MR) is 160 cm³/mol. The number of alkyl halides is 9. The molecule has 272 valence electrons. The lowest BCUT2D eigenvalue weighted by Gasteiger charge is -2.44. The maximum absolute atomic E-state index is 13.8. The Bertz CT molecular complexity index is 1660. The van der Waals surface area contributed by atoms with E-state index in [2.05, 4.69) is 0 Å². The first-order chi connectivity index (χ1) is 23.3. The van der Waals surface area contributed by atoms with Crippen molar-refractivity contribution in [2.45, 2.75) is 57.4 Å². The summed E-state index contributed by atoms with van der Waals surface area (Å²) in [5.41, 5.74) is -4.51. The number of rotatable bonds is 8. The zero-order chi connectivity index (χ0) is 37.2. The Hall–Kier alpha value is -4.83. The second-order valence-corrected chi connectivity index (χ2v) is 11.0. The van der Waals surface area contributed by atoms with E-state index in [1.165, 1.54) is 40.2 Å². The van der Waals surface area contributed by atoms with Gasteiger partial charge in [0.15, 0.2) is 11.5 Å². The fourth-order valence-corrected chi connectivity index (χ4v) is 5.68. The Kier molecular flexibility index (Phi) is 11.1. The first kappa shape index (κ1) is 38.0. The number of hydrogen-bond acceptors (Lipinski definition) is 6. The lowest BCUT2D eigenvalue weighted by atomic mass is 9.86. The Morgan fingerprint density at radius 1 is 0.740 bits per heavy atom. The van der Waals surface area contributed by atoms with Crippen LogP contribution in [0.3, 0.4) is 0 Å². The molecule has 0 unspecified atom stereocenters. The van der Waals surface area contributed by atoms with Gasteiger partial charge in [-0.3, -0.25) is 9.80 Å². The number of fused-ring (bicyclic) bond motifs is 1. The standard InChI is InChI=1S/C33H31F9N2O6/c1-5-49-29(45)43(17-18-11-21(32(37,38)39)13-22(12-18)33(40,41)42)25-15-24(19-7-9-20(10-8-19)31(34,35)36)44(30(46)50-6-2)26-16-28(48-4)27(47-3)14-23(25)26/h7-14,16,24-25H,5-6,15,17H2,1-4H3/t24-,25-/m1/s1. The van der Waals surface area contributed by atoms with Crippen molar-refractivity contribution in [3.63, 3.8) is 0 Å². The topological polar surface area (TPSA) is 77.5 Å². The predicted octanol–water partition coefficient (Wildman–Crippen LogP) is 9.57. The zero-order valence-electron chi connectivity index (χ0n) is 26.9. The molecule has 3 aromatic carbocycles. The van der Waals surface area contributed by atoms with Crippen molar-refractivity contribution in [2.75, 3.05) is 32.3 Å². The number of carbonyl (C=O) groups is 2. The quantitative estimate of drug-likeness (QED) is 0.216. The van der Waals surface area contributed by atoms with Crippen molar-refractivity contribution in [2.24, 2.45) is 0 Å². The summed E-state index contributed by atoms with van der Waals surface area (Å²) < 4.78 is 144. The first-order valence-electron chi connectivity index (χ1n) is 14.9. The van der Waals surface area contributed by atoms with Gasteiger partial charge in [0.25, 0.3) is 0 Å². The van der Waals surface area contributed by atoms with Crippen LogP contribution < -0.4 is 14.4 Å².